The molecule has 1 aliphatic rings. The van der Waals surface area contributed by atoms with Crippen molar-refractivity contribution in [2.45, 2.75) is 12.5 Å². The SMILES string of the molecule is COc1ccc(F)cc1C(N)CCN1CCNCC1. The van der Waals surface area contributed by atoms with Gasteiger partial charge >= 0.3 is 0 Å². The van der Waals surface area contributed by atoms with E-state index in [4.69, 9.17) is 10.5 Å². The fourth-order valence-corrected chi connectivity index (χ4v) is 2.41. The molecule has 1 aromatic carbocycles. The van der Waals surface area contributed by atoms with Gasteiger partial charge in [-0.25, -0.2) is 4.39 Å². The molecular weight excluding hydrogens is 245 g/mol. The first-order valence-electron chi connectivity index (χ1n) is 6.73. The first kappa shape index (κ1) is 14.2. The molecule has 3 N–H and O–H groups in total. The minimum atomic E-state index is -0.270. The van der Waals surface area contributed by atoms with Gasteiger partial charge in [-0.3, -0.25) is 0 Å². The highest BCUT2D eigenvalue weighted by molar-refractivity contribution is 5.36. The van der Waals surface area contributed by atoms with Crippen molar-refractivity contribution in [1.29, 1.82) is 0 Å². The number of methoxy groups -OCH3 is 1. The average molecular weight is 267 g/mol. The summed E-state index contributed by atoms with van der Waals surface area (Å²) in [6.45, 7) is 5.08. The Morgan fingerprint density at radius 3 is 2.84 bits per heavy atom. The van der Waals surface area contributed by atoms with Crippen LogP contribution in [0.3, 0.4) is 0 Å². The fourth-order valence-electron chi connectivity index (χ4n) is 2.41. The molecular formula is C14H22FN3O. The third-order valence-corrected chi connectivity index (χ3v) is 3.56. The molecule has 0 aliphatic carbocycles. The van der Waals surface area contributed by atoms with E-state index in [0.29, 0.717) is 5.75 Å². The Balaban J connectivity index is 1.94. The molecule has 1 aromatic rings. The van der Waals surface area contributed by atoms with Gasteiger partial charge in [-0.1, -0.05) is 0 Å². The maximum atomic E-state index is 13.3. The summed E-state index contributed by atoms with van der Waals surface area (Å²) < 4.78 is 18.6. The number of benzene rings is 1. The van der Waals surface area contributed by atoms with Crippen LogP contribution in [0.4, 0.5) is 4.39 Å². The molecule has 0 radical (unpaired) electrons. The molecule has 5 heteroatoms. The number of nitrogens with zero attached hydrogens (tertiary/aromatic N) is 1. The largest absolute Gasteiger partial charge is 0.496 e. The minimum Gasteiger partial charge on any atom is -0.496 e. The molecule has 0 amide bonds. The Hall–Kier alpha value is -1.17. The van der Waals surface area contributed by atoms with Crippen LogP contribution in [-0.2, 0) is 0 Å². The molecule has 1 unspecified atom stereocenters. The summed E-state index contributed by atoms with van der Waals surface area (Å²) in [6.07, 6.45) is 0.805. The lowest BCUT2D eigenvalue weighted by atomic mass is 10.0. The standard InChI is InChI=1S/C14H22FN3O/c1-19-14-3-2-11(15)10-12(14)13(16)4-7-18-8-5-17-6-9-18/h2-3,10,13,17H,4-9,16H2,1H3. The normalized spacial score (nSPS) is 18.3. The van der Waals surface area contributed by atoms with Crippen LogP contribution in [0, 0.1) is 5.82 Å². The zero-order chi connectivity index (χ0) is 13.7. The summed E-state index contributed by atoms with van der Waals surface area (Å²) in [6, 6.07) is 4.31. The van der Waals surface area contributed by atoms with Crippen molar-refractivity contribution >= 4 is 0 Å². The number of hydrogen-bond donors (Lipinski definition) is 2. The average Bonchev–Trinajstić information content (AvgIpc) is 2.46. The Kier molecular flexibility index (Phi) is 5.13. The predicted octanol–water partition coefficient (Wildman–Crippen LogP) is 1.13. The van der Waals surface area contributed by atoms with E-state index < -0.39 is 0 Å². The van der Waals surface area contributed by atoms with Gasteiger partial charge in [-0.05, 0) is 24.6 Å². The molecule has 1 heterocycles. The molecule has 4 nitrogen and oxygen atoms in total. The third kappa shape index (κ3) is 3.89. The second-order valence-electron chi connectivity index (χ2n) is 4.87. The van der Waals surface area contributed by atoms with E-state index in [0.717, 1.165) is 44.7 Å². The Morgan fingerprint density at radius 1 is 1.42 bits per heavy atom. The zero-order valence-electron chi connectivity index (χ0n) is 11.4. The summed E-state index contributed by atoms with van der Waals surface area (Å²) in [7, 11) is 1.58. The number of hydrogen-bond acceptors (Lipinski definition) is 4. The van der Waals surface area contributed by atoms with Gasteiger partial charge in [-0.15, -0.1) is 0 Å². The van der Waals surface area contributed by atoms with E-state index in [1.807, 2.05) is 0 Å². The zero-order valence-corrected chi connectivity index (χ0v) is 11.4. The highest BCUT2D eigenvalue weighted by Crippen LogP contribution is 2.26. The van der Waals surface area contributed by atoms with Crippen LogP contribution in [0.25, 0.3) is 0 Å². The molecule has 2 rings (SSSR count). The molecule has 1 saturated heterocycles. The van der Waals surface area contributed by atoms with Crippen LogP contribution in [0.2, 0.25) is 0 Å². The van der Waals surface area contributed by atoms with Gasteiger partial charge in [0.2, 0.25) is 0 Å². The number of ether oxygens (including phenoxy) is 1. The van der Waals surface area contributed by atoms with E-state index in [1.54, 1.807) is 13.2 Å². The van der Waals surface area contributed by atoms with Crippen LogP contribution in [0.15, 0.2) is 18.2 Å². The number of nitrogens with one attached hydrogen (secondary N) is 1. The quantitative estimate of drug-likeness (QED) is 0.839. The van der Waals surface area contributed by atoms with Gasteiger partial charge < -0.3 is 20.7 Å². The van der Waals surface area contributed by atoms with E-state index in [9.17, 15) is 4.39 Å². The van der Waals surface area contributed by atoms with Crippen molar-refractivity contribution in [3.63, 3.8) is 0 Å². The summed E-state index contributed by atoms with van der Waals surface area (Å²) in [5, 5.41) is 3.32. The van der Waals surface area contributed by atoms with Gasteiger partial charge in [0.05, 0.1) is 7.11 Å². The topological polar surface area (TPSA) is 50.5 Å². The molecule has 0 aromatic heterocycles. The van der Waals surface area contributed by atoms with Crippen molar-refractivity contribution in [2.24, 2.45) is 5.73 Å². The van der Waals surface area contributed by atoms with Crippen LogP contribution >= 0.6 is 0 Å². The Morgan fingerprint density at radius 2 is 2.16 bits per heavy atom. The van der Waals surface area contributed by atoms with Gasteiger partial charge in [0.1, 0.15) is 11.6 Å². The van der Waals surface area contributed by atoms with Crippen molar-refractivity contribution in [1.82, 2.24) is 10.2 Å². The minimum absolute atomic E-state index is 0.194. The second-order valence-corrected chi connectivity index (χ2v) is 4.87. The molecule has 1 aliphatic heterocycles. The number of piperazine rings is 1. The Bertz CT molecular complexity index is 408. The van der Waals surface area contributed by atoms with Gasteiger partial charge in [-0.2, -0.15) is 0 Å². The van der Waals surface area contributed by atoms with Crippen molar-refractivity contribution in [2.75, 3.05) is 39.8 Å². The number of halogens is 1. The number of nitrogens with two attached hydrogens (primary N) is 1. The molecule has 1 atom stereocenters. The lowest BCUT2D eigenvalue weighted by molar-refractivity contribution is 0.232. The van der Waals surface area contributed by atoms with Crippen LogP contribution in [0.1, 0.15) is 18.0 Å². The van der Waals surface area contributed by atoms with Gasteiger partial charge in [0.15, 0.2) is 0 Å². The van der Waals surface area contributed by atoms with Gasteiger partial charge in [0, 0.05) is 44.3 Å². The highest BCUT2D eigenvalue weighted by Gasteiger charge is 2.16. The van der Waals surface area contributed by atoms with Crippen LogP contribution in [-0.4, -0.2) is 44.7 Å². The lowest BCUT2D eigenvalue weighted by Gasteiger charge is -2.28. The second kappa shape index (κ2) is 6.84. The molecule has 19 heavy (non-hydrogen) atoms. The maximum Gasteiger partial charge on any atom is 0.123 e. The number of rotatable bonds is 5. The monoisotopic (exact) mass is 267 g/mol. The first-order chi connectivity index (χ1) is 9.20. The molecule has 0 spiro atoms. The van der Waals surface area contributed by atoms with Gasteiger partial charge in [0.25, 0.3) is 0 Å². The first-order valence-corrected chi connectivity index (χ1v) is 6.73. The molecule has 0 saturated carbocycles. The maximum absolute atomic E-state index is 13.3. The van der Waals surface area contributed by atoms with Crippen molar-refractivity contribution < 1.29 is 9.13 Å². The third-order valence-electron chi connectivity index (χ3n) is 3.56. The fraction of sp³-hybridized carbons (Fsp3) is 0.571. The molecule has 1 fully saturated rings. The van der Waals surface area contributed by atoms with Crippen molar-refractivity contribution in [3.8, 4) is 5.75 Å². The van der Waals surface area contributed by atoms with E-state index in [1.165, 1.54) is 12.1 Å². The summed E-state index contributed by atoms with van der Waals surface area (Å²) in [5.41, 5.74) is 6.92. The van der Waals surface area contributed by atoms with Crippen LogP contribution in [0.5, 0.6) is 5.75 Å². The molecule has 0 bridgehead atoms. The van der Waals surface area contributed by atoms with E-state index in [2.05, 4.69) is 10.2 Å². The smallest absolute Gasteiger partial charge is 0.123 e. The van der Waals surface area contributed by atoms with E-state index >= 15 is 0 Å². The molecule has 106 valence electrons. The van der Waals surface area contributed by atoms with Crippen molar-refractivity contribution in [3.05, 3.63) is 29.6 Å². The summed E-state index contributed by atoms with van der Waals surface area (Å²) in [5.74, 6) is 0.391. The lowest BCUT2D eigenvalue weighted by Crippen LogP contribution is -2.44. The predicted molar refractivity (Wildman–Crippen MR) is 73.8 cm³/mol. The highest BCUT2D eigenvalue weighted by atomic mass is 19.1. The summed E-state index contributed by atoms with van der Waals surface area (Å²) in [4.78, 5) is 2.38. The van der Waals surface area contributed by atoms with Crippen LogP contribution < -0.4 is 15.8 Å². The summed E-state index contributed by atoms with van der Waals surface area (Å²) >= 11 is 0. The Labute approximate surface area is 113 Å². The van der Waals surface area contributed by atoms with E-state index in [-0.39, 0.29) is 11.9 Å².